The van der Waals surface area contributed by atoms with Crippen molar-refractivity contribution in [1.29, 1.82) is 0 Å². The van der Waals surface area contributed by atoms with E-state index in [2.05, 4.69) is 10.4 Å². The number of rotatable bonds is 7. The highest BCUT2D eigenvalue weighted by Gasteiger charge is 2.14. The average molecular weight is 314 g/mol. The zero-order valence-electron chi connectivity index (χ0n) is 12.6. The summed E-state index contributed by atoms with van der Waals surface area (Å²) in [5.74, 6) is 0.806. The van der Waals surface area contributed by atoms with E-state index in [0.717, 1.165) is 18.9 Å². The van der Waals surface area contributed by atoms with Crippen molar-refractivity contribution in [2.75, 3.05) is 25.6 Å². The van der Waals surface area contributed by atoms with Gasteiger partial charge in [-0.25, -0.2) is 4.68 Å². The molecule has 1 saturated carbocycles. The van der Waals surface area contributed by atoms with Crippen molar-refractivity contribution < 1.29 is 4.74 Å². The molecule has 0 amide bonds. The maximum atomic E-state index is 12.0. The maximum Gasteiger partial charge on any atom is 0.287 e. The fourth-order valence-corrected chi connectivity index (χ4v) is 3.03. The van der Waals surface area contributed by atoms with Crippen LogP contribution in [0.1, 0.15) is 38.5 Å². The quantitative estimate of drug-likeness (QED) is 0.841. The van der Waals surface area contributed by atoms with Gasteiger partial charge < -0.3 is 10.1 Å². The van der Waals surface area contributed by atoms with Crippen LogP contribution in [0.5, 0.6) is 0 Å². The first kappa shape index (κ1) is 16.3. The van der Waals surface area contributed by atoms with Gasteiger partial charge in [-0.3, -0.25) is 4.79 Å². The number of methoxy groups -OCH3 is 1. The molecule has 1 aromatic rings. The van der Waals surface area contributed by atoms with E-state index in [9.17, 15) is 4.79 Å². The predicted molar refractivity (Wildman–Crippen MR) is 85.1 cm³/mol. The van der Waals surface area contributed by atoms with Crippen molar-refractivity contribution in [3.63, 3.8) is 0 Å². The first-order valence-electron chi connectivity index (χ1n) is 7.71. The Bertz CT molecular complexity index is 498. The van der Waals surface area contributed by atoms with Crippen molar-refractivity contribution >= 4 is 17.3 Å². The molecular weight excluding hydrogens is 290 g/mol. The van der Waals surface area contributed by atoms with Crippen LogP contribution in [0.3, 0.4) is 0 Å². The molecule has 1 fully saturated rings. The van der Waals surface area contributed by atoms with E-state index in [1.54, 1.807) is 13.3 Å². The Hall–Kier alpha value is -1.07. The maximum absolute atomic E-state index is 12.0. The molecule has 0 bridgehead atoms. The minimum atomic E-state index is -0.267. The third kappa shape index (κ3) is 4.71. The van der Waals surface area contributed by atoms with E-state index in [1.807, 2.05) is 0 Å². The topological polar surface area (TPSA) is 56.1 Å². The number of aromatic nitrogens is 2. The van der Waals surface area contributed by atoms with Gasteiger partial charge in [0.2, 0.25) is 0 Å². The van der Waals surface area contributed by atoms with Gasteiger partial charge in [-0.1, -0.05) is 43.7 Å². The number of nitrogens with one attached hydrogen (secondary N) is 1. The molecule has 1 aliphatic rings. The number of hydrogen-bond acceptors (Lipinski definition) is 4. The Kier molecular flexibility index (Phi) is 6.51. The molecule has 1 aliphatic carbocycles. The summed E-state index contributed by atoms with van der Waals surface area (Å²) in [6, 6.07) is 0. The monoisotopic (exact) mass is 313 g/mol. The van der Waals surface area contributed by atoms with E-state index < -0.39 is 0 Å². The number of nitrogens with zero attached hydrogens (tertiary/aromatic N) is 2. The molecule has 118 valence electrons. The third-order valence-corrected chi connectivity index (χ3v) is 4.45. The fraction of sp³-hybridized carbons (Fsp3) is 0.733. The molecule has 1 aromatic heterocycles. The lowest BCUT2D eigenvalue weighted by atomic mass is 9.87. The summed E-state index contributed by atoms with van der Waals surface area (Å²) >= 11 is 6.12. The van der Waals surface area contributed by atoms with Crippen LogP contribution in [0.25, 0.3) is 0 Å². The Balaban J connectivity index is 1.88. The van der Waals surface area contributed by atoms with Crippen LogP contribution in [0.15, 0.2) is 11.0 Å². The van der Waals surface area contributed by atoms with E-state index in [0.29, 0.717) is 18.8 Å². The second kappa shape index (κ2) is 8.39. The summed E-state index contributed by atoms with van der Waals surface area (Å²) < 4.78 is 6.28. The molecule has 0 atom stereocenters. The lowest BCUT2D eigenvalue weighted by Gasteiger charge is -2.21. The van der Waals surface area contributed by atoms with Gasteiger partial charge in [-0.15, -0.1) is 0 Å². The van der Waals surface area contributed by atoms with Crippen molar-refractivity contribution in [2.45, 2.75) is 45.1 Å². The predicted octanol–water partition coefficient (Wildman–Crippen LogP) is 2.93. The molecule has 0 aromatic carbocycles. The molecule has 6 heteroatoms. The largest absolute Gasteiger partial charge is 0.383 e. The van der Waals surface area contributed by atoms with E-state index >= 15 is 0 Å². The van der Waals surface area contributed by atoms with Crippen LogP contribution in [-0.2, 0) is 11.3 Å². The molecule has 0 aliphatic heterocycles. The molecule has 2 rings (SSSR count). The zero-order chi connectivity index (χ0) is 15.1. The van der Waals surface area contributed by atoms with Gasteiger partial charge in [-0.2, -0.15) is 5.10 Å². The summed E-state index contributed by atoms with van der Waals surface area (Å²) in [4.78, 5) is 12.0. The Morgan fingerprint density at radius 3 is 2.90 bits per heavy atom. The van der Waals surface area contributed by atoms with E-state index in [4.69, 9.17) is 16.3 Å². The highest BCUT2D eigenvalue weighted by atomic mass is 35.5. The van der Waals surface area contributed by atoms with Gasteiger partial charge in [0.05, 0.1) is 25.0 Å². The first-order chi connectivity index (χ1) is 10.2. The molecular formula is C15H24ClN3O2. The van der Waals surface area contributed by atoms with Crippen LogP contribution in [0.4, 0.5) is 5.69 Å². The molecule has 5 nitrogen and oxygen atoms in total. The second-order valence-electron chi connectivity index (χ2n) is 5.61. The molecule has 0 spiro atoms. The lowest BCUT2D eigenvalue weighted by Crippen LogP contribution is -2.26. The molecule has 0 saturated heterocycles. The third-order valence-electron chi connectivity index (χ3n) is 4.08. The summed E-state index contributed by atoms with van der Waals surface area (Å²) in [7, 11) is 1.59. The van der Waals surface area contributed by atoms with Crippen LogP contribution in [0, 0.1) is 5.92 Å². The minimum absolute atomic E-state index is 0.213. The summed E-state index contributed by atoms with van der Waals surface area (Å²) in [5.41, 5.74) is 0.363. The smallest absolute Gasteiger partial charge is 0.287 e. The minimum Gasteiger partial charge on any atom is -0.383 e. The van der Waals surface area contributed by atoms with Gasteiger partial charge in [0, 0.05) is 13.7 Å². The molecule has 1 heterocycles. The van der Waals surface area contributed by atoms with Crippen molar-refractivity contribution in [2.24, 2.45) is 5.92 Å². The van der Waals surface area contributed by atoms with Crippen LogP contribution < -0.4 is 10.9 Å². The number of halogens is 1. The van der Waals surface area contributed by atoms with Gasteiger partial charge in [0.1, 0.15) is 5.02 Å². The molecule has 1 N–H and O–H groups in total. The van der Waals surface area contributed by atoms with Crippen LogP contribution in [0.2, 0.25) is 5.02 Å². The zero-order valence-corrected chi connectivity index (χ0v) is 13.4. The van der Waals surface area contributed by atoms with Gasteiger partial charge in [-0.05, 0) is 12.3 Å². The van der Waals surface area contributed by atoms with E-state index in [-0.39, 0.29) is 10.6 Å². The number of hydrogen-bond donors (Lipinski definition) is 1. The Labute approximate surface area is 130 Å². The highest BCUT2D eigenvalue weighted by Crippen LogP contribution is 2.26. The SMILES string of the molecule is COCCn1ncc(NCCC2CCCCC2)c(Cl)c1=O. The number of anilines is 1. The standard InChI is InChI=1S/C15H24ClN3O2/c1-21-10-9-19-15(20)14(16)13(11-18-19)17-8-7-12-5-3-2-4-6-12/h11-12,17H,2-10H2,1H3. The molecule has 0 radical (unpaired) electrons. The van der Waals surface area contributed by atoms with Crippen molar-refractivity contribution in [3.8, 4) is 0 Å². The van der Waals surface area contributed by atoms with Crippen LogP contribution in [-0.4, -0.2) is 30.0 Å². The number of ether oxygens (including phenoxy) is 1. The fourth-order valence-electron chi connectivity index (χ4n) is 2.81. The summed E-state index contributed by atoms with van der Waals surface area (Å²) in [6.45, 7) is 1.70. The van der Waals surface area contributed by atoms with Gasteiger partial charge in [0.15, 0.2) is 0 Å². The summed E-state index contributed by atoms with van der Waals surface area (Å²) in [6.07, 6.45) is 9.48. The highest BCUT2D eigenvalue weighted by molar-refractivity contribution is 6.32. The first-order valence-corrected chi connectivity index (χ1v) is 8.08. The molecule has 0 unspecified atom stereocenters. The second-order valence-corrected chi connectivity index (χ2v) is 5.99. The van der Waals surface area contributed by atoms with Crippen molar-refractivity contribution in [3.05, 3.63) is 21.6 Å². The summed E-state index contributed by atoms with van der Waals surface area (Å²) in [5, 5.41) is 7.58. The van der Waals surface area contributed by atoms with Gasteiger partial charge in [0.25, 0.3) is 5.56 Å². The molecule has 21 heavy (non-hydrogen) atoms. The van der Waals surface area contributed by atoms with Gasteiger partial charge >= 0.3 is 0 Å². The Morgan fingerprint density at radius 2 is 2.19 bits per heavy atom. The lowest BCUT2D eigenvalue weighted by molar-refractivity contribution is 0.182. The van der Waals surface area contributed by atoms with E-state index in [1.165, 1.54) is 36.8 Å². The average Bonchev–Trinajstić information content (AvgIpc) is 2.52. The van der Waals surface area contributed by atoms with Crippen molar-refractivity contribution in [1.82, 2.24) is 9.78 Å². The van der Waals surface area contributed by atoms with Crippen LogP contribution >= 0.6 is 11.6 Å². The Morgan fingerprint density at radius 1 is 1.43 bits per heavy atom. The normalized spacial score (nSPS) is 16.1.